The molecule has 4 unspecified atom stereocenters. The smallest absolute Gasteiger partial charge is 0.136 e. The number of carbonyl (C=O) groups excluding carboxylic acids is 1. The Morgan fingerprint density at radius 1 is 1.35 bits per heavy atom. The molecular formula is C20H27IOS. The van der Waals surface area contributed by atoms with Crippen LogP contribution in [-0.2, 0) is 4.79 Å². The Balaban J connectivity index is 0.000000924. The fourth-order valence-electron chi connectivity index (χ4n) is 5.21. The van der Waals surface area contributed by atoms with Gasteiger partial charge in [-0.15, -0.1) is 13.2 Å². The van der Waals surface area contributed by atoms with Crippen molar-refractivity contribution in [3.05, 3.63) is 24.8 Å². The molecular weight excluding hydrogens is 415 g/mol. The number of allylic oxidation sites excluding steroid dienone is 2. The molecule has 0 aliphatic heterocycles. The molecule has 23 heavy (non-hydrogen) atoms. The Morgan fingerprint density at radius 3 is 2.78 bits per heavy atom. The fraction of sp³-hybridized carbons (Fsp3) is 0.650. The van der Waals surface area contributed by atoms with E-state index < -0.39 is 0 Å². The van der Waals surface area contributed by atoms with E-state index in [2.05, 4.69) is 65.5 Å². The van der Waals surface area contributed by atoms with Crippen LogP contribution in [0, 0.1) is 33.8 Å². The van der Waals surface area contributed by atoms with Gasteiger partial charge >= 0.3 is 0 Å². The predicted octanol–water partition coefficient (Wildman–Crippen LogP) is 6.34. The zero-order valence-corrected chi connectivity index (χ0v) is 17.3. The highest BCUT2D eigenvalue weighted by atomic mass is 127. The fourth-order valence-corrected chi connectivity index (χ4v) is 5.77. The maximum atomic E-state index is 12.2. The van der Waals surface area contributed by atoms with Gasteiger partial charge in [0.05, 0.1) is 5.41 Å². The van der Waals surface area contributed by atoms with Crippen LogP contribution in [0.4, 0.5) is 0 Å². The van der Waals surface area contributed by atoms with Gasteiger partial charge in [-0.2, -0.15) is 0 Å². The molecule has 0 aromatic rings. The lowest BCUT2D eigenvalue weighted by atomic mass is 9.47. The van der Waals surface area contributed by atoms with E-state index in [0.717, 1.165) is 19.3 Å². The molecule has 3 rings (SSSR count). The van der Waals surface area contributed by atoms with E-state index in [1.165, 1.54) is 25.7 Å². The summed E-state index contributed by atoms with van der Waals surface area (Å²) < 4.78 is 0. The average molecular weight is 442 g/mol. The summed E-state index contributed by atoms with van der Waals surface area (Å²) in [7, 11) is 1.60. The van der Waals surface area contributed by atoms with Gasteiger partial charge in [-0.1, -0.05) is 25.8 Å². The quantitative estimate of drug-likeness (QED) is 0.247. The second-order valence-electron chi connectivity index (χ2n) is 7.21. The maximum absolute atomic E-state index is 12.2. The molecule has 0 amide bonds. The summed E-state index contributed by atoms with van der Waals surface area (Å²) in [6.45, 7) is 10.6. The van der Waals surface area contributed by atoms with E-state index >= 15 is 0 Å². The molecule has 0 bridgehead atoms. The normalized spacial score (nSPS) is 38.7. The van der Waals surface area contributed by atoms with Gasteiger partial charge < -0.3 is 0 Å². The minimum atomic E-state index is 0.113. The molecule has 3 heteroatoms. The lowest BCUT2D eigenvalue weighted by Gasteiger charge is -2.56. The van der Waals surface area contributed by atoms with Crippen molar-refractivity contribution in [2.45, 2.75) is 58.8 Å². The van der Waals surface area contributed by atoms with E-state index in [9.17, 15) is 4.79 Å². The van der Waals surface area contributed by atoms with Crippen molar-refractivity contribution in [1.29, 1.82) is 0 Å². The standard InChI is InChI=1S/C18H23IOS.C2H4/c1-13-14-6-10-18(11-12-21-19)8-4-3-5-16(18)17(14,2)9-7-15(13)20;1-2/h5,13-14H,3-4,6-10H2,1-2H3;1-2H2. The minimum absolute atomic E-state index is 0.113. The molecule has 0 aromatic carbocycles. The van der Waals surface area contributed by atoms with Gasteiger partial charge in [-0.05, 0) is 69.6 Å². The SMILES string of the molecule is C=C.CC1C(=O)CCC2(C)C3=CCCCC3(C#CSI)CCC12. The van der Waals surface area contributed by atoms with Crippen molar-refractivity contribution >= 4 is 35.9 Å². The predicted molar refractivity (Wildman–Crippen MR) is 109 cm³/mol. The number of hydrogen-bond donors (Lipinski definition) is 0. The second-order valence-corrected chi connectivity index (χ2v) is 8.89. The van der Waals surface area contributed by atoms with Gasteiger partial charge in [0.15, 0.2) is 0 Å². The molecule has 0 N–H and O–H groups in total. The summed E-state index contributed by atoms with van der Waals surface area (Å²) in [6.07, 6.45) is 10.3. The monoisotopic (exact) mass is 442 g/mol. The van der Waals surface area contributed by atoms with Crippen molar-refractivity contribution in [1.82, 2.24) is 0 Å². The number of Topliss-reactive ketones (excluding diaryl/α,β-unsaturated/α-hetero) is 1. The van der Waals surface area contributed by atoms with Crippen LogP contribution in [0.3, 0.4) is 0 Å². The van der Waals surface area contributed by atoms with Crippen LogP contribution in [0.1, 0.15) is 58.8 Å². The zero-order valence-electron chi connectivity index (χ0n) is 14.3. The summed E-state index contributed by atoms with van der Waals surface area (Å²) in [5, 5.41) is 3.29. The van der Waals surface area contributed by atoms with Crippen molar-refractivity contribution in [2.24, 2.45) is 22.7 Å². The molecule has 2 saturated carbocycles. The first-order valence-corrected chi connectivity index (χ1v) is 11.9. The second kappa shape index (κ2) is 7.78. The summed E-state index contributed by atoms with van der Waals surface area (Å²) in [6, 6.07) is 0. The molecule has 0 aromatic heterocycles. The molecule has 0 heterocycles. The van der Waals surface area contributed by atoms with Crippen LogP contribution in [-0.4, -0.2) is 5.78 Å². The third kappa shape index (κ3) is 3.31. The van der Waals surface area contributed by atoms with Crippen LogP contribution in [0.2, 0.25) is 0 Å². The number of carbonyl (C=O) groups is 1. The number of ketones is 1. The third-order valence-electron chi connectivity index (χ3n) is 6.32. The molecule has 0 spiro atoms. The summed E-state index contributed by atoms with van der Waals surface area (Å²) in [4.78, 5) is 12.2. The Labute approximate surface area is 157 Å². The van der Waals surface area contributed by atoms with Crippen LogP contribution in [0.15, 0.2) is 24.8 Å². The first kappa shape index (κ1) is 19.1. The van der Waals surface area contributed by atoms with Gasteiger partial charge in [-0.3, -0.25) is 4.79 Å². The number of rotatable bonds is 0. The molecule has 2 fully saturated rings. The van der Waals surface area contributed by atoms with Gasteiger partial charge in [-0.25, -0.2) is 0 Å². The van der Waals surface area contributed by atoms with Gasteiger partial charge in [0.2, 0.25) is 0 Å². The number of fused-ring (bicyclic) bond motifs is 3. The zero-order chi connectivity index (χ0) is 17.1. The highest BCUT2D eigenvalue weighted by Crippen LogP contribution is 2.62. The molecule has 0 radical (unpaired) electrons. The van der Waals surface area contributed by atoms with Crippen LogP contribution in [0.25, 0.3) is 0 Å². The molecule has 4 atom stereocenters. The lowest BCUT2D eigenvalue weighted by Crippen LogP contribution is -2.50. The van der Waals surface area contributed by atoms with Gasteiger partial charge in [0.1, 0.15) is 5.78 Å². The first-order valence-electron chi connectivity index (χ1n) is 8.57. The molecule has 0 saturated heterocycles. The lowest BCUT2D eigenvalue weighted by molar-refractivity contribution is -0.131. The van der Waals surface area contributed by atoms with E-state index in [1.54, 1.807) is 14.5 Å². The summed E-state index contributed by atoms with van der Waals surface area (Å²) >= 11 is 2.27. The number of halogens is 1. The van der Waals surface area contributed by atoms with Crippen LogP contribution >= 0.6 is 30.1 Å². The third-order valence-corrected chi connectivity index (χ3v) is 7.16. The van der Waals surface area contributed by atoms with Crippen LogP contribution in [0.5, 0.6) is 0 Å². The van der Waals surface area contributed by atoms with E-state index in [4.69, 9.17) is 0 Å². The van der Waals surface area contributed by atoms with E-state index in [1.807, 2.05) is 0 Å². The van der Waals surface area contributed by atoms with Crippen molar-refractivity contribution in [3.63, 3.8) is 0 Å². The van der Waals surface area contributed by atoms with Gasteiger partial charge in [0.25, 0.3) is 0 Å². The highest BCUT2D eigenvalue weighted by molar-refractivity contribution is 14.2. The van der Waals surface area contributed by atoms with Crippen molar-refractivity contribution in [3.8, 4) is 11.2 Å². The van der Waals surface area contributed by atoms with E-state index in [-0.39, 0.29) is 16.7 Å². The van der Waals surface area contributed by atoms with Gasteiger partial charge in [0, 0.05) is 33.5 Å². The molecule has 3 aliphatic carbocycles. The Morgan fingerprint density at radius 2 is 2.09 bits per heavy atom. The van der Waals surface area contributed by atoms with E-state index in [0.29, 0.717) is 11.7 Å². The Bertz CT molecular complexity index is 558. The Hall–Kier alpha value is -0.210. The molecule has 126 valence electrons. The minimum Gasteiger partial charge on any atom is -0.299 e. The average Bonchev–Trinajstić information content (AvgIpc) is 2.59. The highest BCUT2D eigenvalue weighted by Gasteiger charge is 2.55. The van der Waals surface area contributed by atoms with Crippen molar-refractivity contribution < 1.29 is 4.79 Å². The Kier molecular flexibility index (Phi) is 6.47. The molecule has 3 aliphatic rings. The largest absolute Gasteiger partial charge is 0.299 e. The summed E-state index contributed by atoms with van der Waals surface area (Å²) in [5.74, 6) is 4.87. The van der Waals surface area contributed by atoms with Crippen LogP contribution < -0.4 is 0 Å². The summed E-state index contributed by atoms with van der Waals surface area (Å²) in [5.41, 5.74) is 1.91. The number of hydrogen-bond acceptors (Lipinski definition) is 2. The topological polar surface area (TPSA) is 17.1 Å². The first-order chi connectivity index (χ1) is 11.0. The maximum Gasteiger partial charge on any atom is 0.136 e. The van der Waals surface area contributed by atoms with Crippen molar-refractivity contribution in [2.75, 3.05) is 0 Å². The molecule has 1 nitrogen and oxygen atoms in total.